The molecule has 0 fully saturated rings. The maximum absolute atomic E-state index is 10.6. The number of allylic oxidation sites excluding steroid dienone is 1. The van der Waals surface area contributed by atoms with Gasteiger partial charge in [-0.05, 0) is 19.3 Å². The van der Waals surface area contributed by atoms with E-state index >= 15 is 0 Å². The van der Waals surface area contributed by atoms with Crippen molar-refractivity contribution in [2.75, 3.05) is 0 Å². The molecule has 0 aromatic rings. The first-order chi connectivity index (χ1) is 4.75. The van der Waals surface area contributed by atoms with E-state index in [1.807, 2.05) is 0 Å². The highest BCUT2D eigenvalue weighted by Crippen LogP contribution is 2.24. The van der Waals surface area contributed by atoms with Gasteiger partial charge in [-0.25, -0.2) is 0 Å². The normalized spacial score (nSPS) is 17.1. The van der Waals surface area contributed by atoms with Crippen LogP contribution in [-0.4, -0.2) is 5.91 Å². The second-order valence-electron chi connectivity index (χ2n) is 2.32. The van der Waals surface area contributed by atoms with Gasteiger partial charge in [0.15, 0.2) is 0 Å². The van der Waals surface area contributed by atoms with Crippen LogP contribution in [0.5, 0.6) is 0 Å². The molecule has 0 saturated carbocycles. The zero-order valence-corrected chi connectivity index (χ0v) is 5.68. The third-order valence-corrected chi connectivity index (χ3v) is 1.69. The first-order valence-electron chi connectivity index (χ1n) is 3.24. The summed E-state index contributed by atoms with van der Waals surface area (Å²) in [5.41, 5.74) is 6.53. The van der Waals surface area contributed by atoms with E-state index in [2.05, 4.69) is 5.92 Å². The fourth-order valence-corrected chi connectivity index (χ4v) is 1.17. The molecular weight excluding hydrogens is 126 g/mol. The first-order valence-corrected chi connectivity index (χ1v) is 3.24. The Balaban J connectivity index is 2.91. The summed E-state index contributed by atoms with van der Waals surface area (Å²) in [6, 6.07) is 0. The van der Waals surface area contributed by atoms with Gasteiger partial charge in [-0.15, -0.1) is 6.42 Å². The average Bonchev–Trinajstić information content (AvgIpc) is 2.33. The minimum absolute atomic E-state index is 0.356. The summed E-state index contributed by atoms with van der Waals surface area (Å²) in [7, 11) is 0. The monoisotopic (exact) mass is 135 g/mol. The van der Waals surface area contributed by atoms with Crippen molar-refractivity contribution in [2.24, 2.45) is 5.73 Å². The van der Waals surface area contributed by atoms with Crippen LogP contribution >= 0.6 is 0 Å². The summed E-state index contributed by atoms with van der Waals surface area (Å²) in [6.45, 7) is 0. The molecule has 1 amide bonds. The Labute approximate surface area is 60.1 Å². The van der Waals surface area contributed by atoms with Crippen LogP contribution in [0.25, 0.3) is 0 Å². The van der Waals surface area contributed by atoms with Crippen molar-refractivity contribution in [3.8, 4) is 12.3 Å². The van der Waals surface area contributed by atoms with E-state index in [9.17, 15) is 4.79 Å². The van der Waals surface area contributed by atoms with Crippen LogP contribution in [-0.2, 0) is 4.79 Å². The number of terminal acetylenes is 1. The second kappa shape index (κ2) is 2.57. The molecule has 0 saturated heterocycles. The van der Waals surface area contributed by atoms with Crippen molar-refractivity contribution in [1.82, 2.24) is 0 Å². The number of carbonyl (C=O) groups is 1. The Bertz CT molecular complexity index is 232. The molecule has 2 N–H and O–H groups in total. The summed E-state index contributed by atoms with van der Waals surface area (Å²) >= 11 is 0. The lowest BCUT2D eigenvalue weighted by Crippen LogP contribution is -2.13. The van der Waals surface area contributed by atoms with Gasteiger partial charge in [0.25, 0.3) is 0 Å². The fourth-order valence-electron chi connectivity index (χ4n) is 1.17. The number of nitrogens with two attached hydrogens (primary N) is 1. The van der Waals surface area contributed by atoms with Crippen LogP contribution in [0.3, 0.4) is 0 Å². The van der Waals surface area contributed by atoms with E-state index in [1.165, 1.54) is 0 Å². The van der Waals surface area contributed by atoms with E-state index in [0.717, 1.165) is 24.8 Å². The minimum atomic E-state index is -0.356. The maximum Gasteiger partial charge on any atom is 0.245 e. The summed E-state index contributed by atoms with van der Waals surface area (Å²) < 4.78 is 0. The molecule has 10 heavy (non-hydrogen) atoms. The van der Waals surface area contributed by atoms with Gasteiger partial charge in [-0.2, -0.15) is 0 Å². The fraction of sp³-hybridized carbons (Fsp3) is 0.375. The predicted molar refractivity (Wildman–Crippen MR) is 38.9 cm³/mol. The standard InChI is InChI=1S/C8H9NO/c1-2-6-4-3-5-7(6)8(9)10/h1H,3-5H2,(H2,9,10). The van der Waals surface area contributed by atoms with E-state index in [-0.39, 0.29) is 5.91 Å². The van der Waals surface area contributed by atoms with Crippen molar-refractivity contribution < 1.29 is 4.79 Å². The van der Waals surface area contributed by atoms with Crippen LogP contribution in [0.4, 0.5) is 0 Å². The number of rotatable bonds is 1. The molecule has 2 heteroatoms. The van der Waals surface area contributed by atoms with Crippen LogP contribution in [0, 0.1) is 12.3 Å². The highest BCUT2D eigenvalue weighted by Gasteiger charge is 2.16. The third-order valence-electron chi connectivity index (χ3n) is 1.69. The zero-order chi connectivity index (χ0) is 7.56. The number of hydrogen-bond donors (Lipinski definition) is 1. The molecule has 0 unspecified atom stereocenters. The highest BCUT2D eigenvalue weighted by molar-refractivity contribution is 5.94. The van der Waals surface area contributed by atoms with Crippen molar-refractivity contribution >= 4 is 5.91 Å². The van der Waals surface area contributed by atoms with E-state index < -0.39 is 0 Å². The lowest BCUT2D eigenvalue weighted by molar-refractivity contribution is -0.114. The van der Waals surface area contributed by atoms with Crippen LogP contribution in [0.15, 0.2) is 11.1 Å². The van der Waals surface area contributed by atoms with Gasteiger partial charge in [0.2, 0.25) is 5.91 Å². The SMILES string of the molecule is C#CC1=C(C(N)=O)CCC1. The Kier molecular flexibility index (Phi) is 1.77. The summed E-state index contributed by atoms with van der Waals surface area (Å²) in [6.07, 6.45) is 7.72. The highest BCUT2D eigenvalue weighted by atomic mass is 16.1. The average molecular weight is 135 g/mol. The molecule has 2 nitrogen and oxygen atoms in total. The maximum atomic E-state index is 10.6. The van der Waals surface area contributed by atoms with Crippen molar-refractivity contribution in [1.29, 1.82) is 0 Å². The Hall–Kier alpha value is -1.23. The Morgan fingerprint density at radius 3 is 2.70 bits per heavy atom. The van der Waals surface area contributed by atoms with E-state index in [0.29, 0.717) is 5.57 Å². The van der Waals surface area contributed by atoms with Gasteiger partial charge < -0.3 is 5.73 Å². The molecular formula is C8H9NO. The van der Waals surface area contributed by atoms with Gasteiger partial charge in [0.05, 0.1) is 0 Å². The summed E-state index contributed by atoms with van der Waals surface area (Å²) in [4.78, 5) is 10.6. The van der Waals surface area contributed by atoms with Gasteiger partial charge in [0, 0.05) is 11.1 Å². The number of amides is 1. The van der Waals surface area contributed by atoms with Crippen molar-refractivity contribution in [3.63, 3.8) is 0 Å². The molecule has 52 valence electrons. The van der Waals surface area contributed by atoms with Gasteiger partial charge in [-0.1, -0.05) is 5.92 Å². The molecule has 0 atom stereocenters. The van der Waals surface area contributed by atoms with Crippen LogP contribution in [0.1, 0.15) is 19.3 Å². The minimum Gasteiger partial charge on any atom is -0.366 e. The molecule has 0 spiro atoms. The lowest BCUT2D eigenvalue weighted by Gasteiger charge is -1.93. The number of primary amides is 1. The van der Waals surface area contributed by atoms with E-state index in [4.69, 9.17) is 12.2 Å². The summed E-state index contributed by atoms with van der Waals surface area (Å²) in [5.74, 6) is 2.12. The first kappa shape index (κ1) is 6.88. The van der Waals surface area contributed by atoms with E-state index in [1.54, 1.807) is 0 Å². The second-order valence-corrected chi connectivity index (χ2v) is 2.32. The smallest absolute Gasteiger partial charge is 0.245 e. The molecule has 0 radical (unpaired) electrons. The topological polar surface area (TPSA) is 43.1 Å². The molecule has 1 aliphatic carbocycles. The molecule has 0 heterocycles. The van der Waals surface area contributed by atoms with Crippen molar-refractivity contribution in [2.45, 2.75) is 19.3 Å². The number of hydrogen-bond acceptors (Lipinski definition) is 1. The molecule has 1 rings (SSSR count). The summed E-state index contributed by atoms with van der Waals surface area (Å²) in [5, 5.41) is 0. The van der Waals surface area contributed by atoms with Gasteiger partial charge in [-0.3, -0.25) is 4.79 Å². The van der Waals surface area contributed by atoms with Gasteiger partial charge >= 0.3 is 0 Å². The largest absolute Gasteiger partial charge is 0.366 e. The zero-order valence-electron chi connectivity index (χ0n) is 5.68. The van der Waals surface area contributed by atoms with Crippen LogP contribution in [0.2, 0.25) is 0 Å². The molecule has 0 aromatic heterocycles. The Morgan fingerprint density at radius 2 is 2.30 bits per heavy atom. The molecule has 0 aromatic carbocycles. The van der Waals surface area contributed by atoms with Crippen LogP contribution < -0.4 is 5.73 Å². The third kappa shape index (κ3) is 1.03. The molecule has 0 aliphatic heterocycles. The van der Waals surface area contributed by atoms with Gasteiger partial charge in [0.1, 0.15) is 0 Å². The molecule has 0 bridgehead atoms. The Morgan fingerprint density at radius 1 is 1.60 bits per heavy atom. The van der Waals surface area contributed by atoms with Crippen molar-refractivity contribution in [3.05, 3.63) is 11.1 Å². The quantitative estimate of drug-likeness (QED) is 0.525. The predicted octanol–water partition coefficient (Wildman–Crippen LogP) is 0.585. The molecule has 1 aliphatic rings. The number of carbonyl (C=O) groups excluding carboxylic acids is 1. The lowest BCUT2D eigenvalue weighted by atomic mass is 10.1.